The van der Waals surface area contributed by atoms with Gasteiger partial charge in [-0.25, -0.2) is 0 Å². The molecule has 27 heavy (non-hydrogen) atoms. The summed E-state index contributed by atoms with van der Waals surface area (Å²) in [7, 11) is 0. The number of carbonyl (C=O) groups is 2. The molecule has 2 aromatic heterocycles. The van der Waals surface area contributed by atoms with Crippen molar-refractivity contribution in [2.75, 3.05) is 24.5 Å². The van der Waals surface area contributed by atoms with Crippen LogP contribution in [-0.4, -0.2) is 46.1 Å². The molecule has 1 aliphatic heterocycles. The van der Waals surface area contributed by atoms with E-state index in [-0.39, 0.29) is 24.1 Å². The number of piperazine rings is 1. The highest BCUT2D eigenvalue weighted by molar-refractivity contribution is 6.00. The Bertz CT molecular complexity index is 944. The first-order valence-corrected chi connectivity index (χ1v) is 8.82. The summed E-state index contributed by atoms with van der Waals surface area (Å²) >= 11 is 0. The lowest BCUT2D eigenvalue weighted by atomic mass is 10.2. The average Bonchev–Trinajstić information content (AvgIpc) is 3.34. The molecule has 0 aliphatic carbocycles. The number of rotatable bonds is 4. The van der Waals surface area contributed by atoms with Gasteiger partial charge < -0.3 is 14.2 Å². The molecule has 3 aromatic rings. The number of carbonyl (C=O) groups excluding carboxylic acids is 2. The SMILES string of the molecule is Cc1ccc(N2CCN(C(=O)c3ccc(Cn4cccn4)o3)CC2=O)cc1. The fraction of sp³-hybridized carbons (Fsp3) is 0.250. The van der Waals surface area contributed by atoms with Crippen molar-refractivity contribution in [3.05, 3.63) is 71.9 Å². The predicted molar refractivity (Wildman–Crippen MR) is 99.5 cm³/mol. The maximum Gasteiger partial charge on any atom is 0.290 e. The van der Waals surface area contributed by atoms with Gasteiger partial charge in [0.25, 0.3) is 5.91 Å². The van der Waals surface area contributed by atoms with Crippen LogP contribution in [-0.2, 0) is 11.3 Å². The molecule has 138 valence electrons. The Morgan fingerprint density at radius 1 is 1.15 bits per heavy atom. The minimum absolute atomic E-state index is 0.0436. The van der Waals surface area contributed by atoms with Crippen molar-refractivity contribution in [3.8, 4) is 0 Å². The normalized spacial score (nSPS) is 14.6. The van der Waals surface area contributed by atoms with Crippen LogP contribution in [0, 0.1) is 6.92 Å². The van der Waals surface area contributed by atoms with Crippen LogP contribution in [0.1, 0.15) is 21.9 Å². The quantitative estimate of drug-likeness (QED) is 0.712. The number of hydrogen-bond donors (Lipinski definition) is 0. The van der Waals surface area contributed by atoms with Crippen molar-refractivity contribution >= 4 is 17.5 Å². The molecular weight excluding hydrogens is 344 g/mol. The number of hydrogen-bond acceptors (Lipinski definition) is 4. The number of anilines is 1. The topological polar surface area (TPSA) is 71.6 Å². The number of amides is 2. The van der Waals surface area contributed by atoms with Crippen LogP contribution in [0.4, 0.5) is 5.69 Å². The van der Waals surface area contributed by atoms with E-state index in [1.54, 1.807) is 27.9 Å². The van der Waals surface area contributed by atoms with Crippen LogP contribution in [0.5, 0.6) is 0 Å². The average molecular weight is 364 g/mol. The zero-order valence-electron chi connectivity index (χ0n) is 15.0. The summed E-state index contributed by atoms with van der Waals surface area (Å²) in [5.41, 5.74) is 2.00. The van der Waals surface area contributed by atoms with Gasteiger partial charge in [-0.15, -0.1) is 0 Å². The van der Waals surface area contributed by atoms with E-state index in [0.29, 0.717) is 25.4 Å². The minimum atomic E-state index is -0.265. The van der Waals surface area contributed by atoms with Crippen molar-refractivity contribution in [3.63, 3.8) is 0 Å². The molecule has 0 saturated carbocycles. The van der Waals surface area contributed by atoms with Gasteiger partial charge in [0.2, 0.25) is 5.91 Å². The molecule has 1 aliphatic rings. The number of aryl methyl sites for hydroxylation is 1. The first kappa shape index (κ1) is 17.1. The standard InChI is InChI=1S/C20H20N4O3/c1-15-3-5-16(6-4-15)24-12-11-22(14-19(24)25)20(26)18-8-7-17(27-18)13-23-10-2-9-21-23/h2-10H,11-14H2,1H3. The van der Waals surface area contributed by atoms with Gasteiger partial charge in [0.1, 0.15) is 12.3 Å². The smallest absolute Gasteiger partial charge is 0.290 e. The highest BCUT2D eigenvalue weighted by Gasteiger charge is 2.29. The highest BCUT2D eigenvalue weighted by Crippen LogP contribution is 2.19. The minimum Gasteiger partial charge on any atom is -0.454 e. The largest absolute Gasteiger partial charge is 0.454 e. The maximum absolute atomic E-state index is 12.7. The molecule has 1 fully saturated rings. The molecule has 4 rings (SSSR count). The van der Waals surface area contributed by atoms with Gasteiger partial charge in [-0.3, -0.25) is 14.3 Å². The van der Waals surface area contributed by atoms with Crippen molar-refractivity contribution in [1.82, 2.24) is 14.7 Å². The lowest BCUT2D eigenvalue weighted by molar-refractivity contribution is -0.120. The second-order valence-electron chi connectivity index (χ2n) is 6.58. The van der Waals surface area contributed by atoms with E-state index >= 15 is 0 Å². The molecule has 7 nitrogen and oxygen atoms in total. The van der Waals surface area contributed by atoms with Crippen molar-refractivity contribution in [2.45, 2.75) is 13.5 Å². The monoisotopic (exact) mass is 364 g/mol. The van der Waals surface area contributed by atoms with Gasteiger partial charge >= 0.3 is 0 Å². The summed E-state index contributed by atoms with van der Waals surface area (Å²) in [5, 5.41) is 4.12. The summed E-state index contributed by atoms with van der Waals surface area (Å²) < 4.78 is 7.37. The van der Waals surface area contributed by atoms with Crippen LogP contribution >= 0.6 is 0 Å². The third-order valence-corrected chi connectivity index (χ3v) is 4.60. The fourth-order valence-electron chi connectivity index (χ4n) is 3.13. The van der Waals surface area contributed by atoms with Crippen LogP contribution in [0.2, 0.25) is 0 Å². The van der Waals surface area contributed by atoms with Gasteiger partial charge in [0.15, 0.2) is 5.76 Å². The Balaban J connectivity index is 1.41. The lowest BCUT2D eigenvalue weighted by Crippen LogP contribution is -2.52. The van der Waals surface area contributed by atoms with Crippen molar-refractivity contribution in [2.24, 2.45) is 0 Å². The summed E-state index contributed by atoms with van der Waals surface area (Å²) in [4.78, 5) is 28.5. The lowest BCUT2D eigenvalue weighted by Gasteiger charge is -2.34. The molecule has 2 amide bonds. The van der Waals surface area contributed by atoms with E-state index in [0.717, 1.165) is 11.3 Å². The predicted octanol–water partition coefficient (Wildman–Crippen LogP) is 2.32. The number of benzene rings is 1. The van der Waals surface area contributed by atoms with Gasteiger partial charge in [-0.1, -0.05) is 17.7 Å². The number of furan rings is 1. The molecule has 0 spiro atoms. The molecular formula is C20H20N4O3. The molecule has 1 saturated heterocycles. The number of nitrogens with zero attached hydrogens (tertiary/aromatic N) is 4. The van der Waals surface area contributed by atoms with E-state index in [9.17, 15) is 9.59 Å². The van der Waals surface area contributed by atoms with Gasteiger partial charge in [0.05, 0.1) is 6.54 Å². The molecule has 0 radical (unpaired) electrons. The van der Waals surface area contributed by atoms with Crippen LogP contribution < -0.4 is 4.90 Å². The first-order chi connectivity index (χ1) is 13.1. The van der Waals surface area contributed by atoms with Gasteiger partial charge in [-0.2, -0.15) is 5.10 Å². The Kier molecular flexibility index (Phi) is 4.50. The molecule has 1 aromatic carbocycles. The Hall–Kier alpha value is -3.35. The third-order valence-electron chi connectivity index (χ3n) is 4.60. The fourth-order valence-corrected chi connectivity index (χ4v) is 3.13. The zero-order chi connectivity index (χ0) is 18.8. The van der Waals surface area contributed by atoms with E-state index in [1.165, 1.54) is 4.90 Å². The molecule has 7 heteroatoms. The van der Waals surface area contributed by atoms with E-state index in [4.69, 9.17) is 4.42 Å². The first-order valence-electron chi connectivity index (χ1n) is 8.82. The highest BCUT2D eigenvalue weighted by atomic mass is 16.4. The van der Waals surface area contributed by atoms with Crippen molar-refractivity contribution < 1.29 is 14.0 Å². The van der Waals surface area contributed by atoms with Crippen LogP contribution in [0.25, 0.3) is 0 Å². The summed E-state index contributed by atoms with van der Waals surface area (Å²) in [6.07, 6.45) is 3.52. The van der Waals surface area contributed by atoms with Gasteiger partial charge in [0, 0.05) is 31.2 Å². The molecule has 0 bridgehead atoms. The molecule has 0 N–H and O–H groups in total. The molecule has 3 heterocycles. The summed E-state index contributed by atoms with van der Waals surface area (Å²) in [6.45, 7) is 3.44. The van der Waals surface area contributed by atoms with E-state index < -0.39 is 0 Å². The Morgan fingerprint density at radius 2 is 1.96 bits per heavy atom. The number of aromatic nitrogens is 2. The van der Waals surface area contributed by atoms with Crippen molar-refractivity contribution in [1.29, 1.82) is 0 Å². The molecule has 0 unspecified atom stereocenters. The second-order valence-corrected chi connectivity index (χ2v) is 6.58. The Labute approximate surface area is 156 Å². The molecule has 0 atom stereocenters. The second kappa shape index (κ2) is 7.11. The van der Waals surface area contributed by atoms with Crippen LogP contribution in [0.15, 0.2) is 59.3 Å². The summed E-state index contributed by atoms with van der Waals surface area (Å²) in [6, 6.07) is 13.1. The zero-order valence-corrected chi connectivity index (χ0v) is 15.0. The van der Waals surface area contributed by atoms with Gasteiger partial charge in [-0.05, 0) is 37.3 Å². The Morgan fingerprint density at radius 3 is 2.67 bits per heavy atom. The summed E-state index contributed by atoms with van der Waals surface area (Å²) in [5.74, 6) is 0.529. The van der Waals surface area contributed by atoms with E-state index in [2.05, 4.69) is 5.10 Å². The third kappa shape index (κ3) is 3.62. The maximum atomic E-state index is 12.7. The van der Waals surface area contributed by atoms with Crippen LogP contribution in [0.3, 0.4) is 0 Å². The van der Waals surface area contributed by atoms with E-state index in [1.807, 2.05) is 43.5 Å².